The summed E-state index contributed by atoms with van der Waals surface area (Å²) in [4.78, 5) is 12.1. The highest BCUT2D eigenvalue weighted by Crippen LogP contribution is 2.32. The van der Waals surface area contributed by atoms with E-state index in [1.54, 1.807) is 6.08 Å². The van der Waals surface area contributed by atoms with E-state index in [-0.39, 0.29) is 11.7 Å². The molecule has 3 heteroatoms. The number of carbonyl (C=O) groups excluding carboxylic acids is 1. The van der Waals surface area contributed by atoms with Gasteiger partial charge in [-0.3, -0.25) is 4.79 Å². The second kappa shape index (κ2) is 6.06. The van der Waals surface area contributed by atoms with Gasteiger partial charge in [0.25, 0.3) is 0 Å². The zero-order valence-electron chi connectivity index (χ0n) is 12.7. The van der Waals surface area contributed by atoms with E-state index < -0.39 is 0 Å². The molecule has 2 aromatic carbocycles. The molecule has 0 aromatic heterocycles. The minimum absolute atomic E-state index is 0.161. The number of hydrogen-bond donors (Lipinski definition) is 2. The van der Waals surface area contributed by atoms with Crippen molar-refractivity contribution in [1.82, 2.24) is 0 Å². The van der Waals surface area contributed by atoms with E-state index in [1.165, 1.54) is 11.1 Å². The molecule has 0 heterocycles. The van der Waals surface area contributed by atoms with Gasteiger partial charge in [-0.05, 0) is 37.0 Å². The molecule has 1 aliphatic rings. The lowest BCUT2D eigenvalue weighted by Crippen LogP contribution is -2.17. The Labute approximate surface area is 130 Å². The van der Waals surface area contributed by atoms with Crippen LogP contribution in [0.4, 0.5) is 11.4 Å². The molecule has 3 nitrogen and oxygen atoms in total. The van der Waals surface area contributed by atoms with Crippen LogP contribution in [-0.4, -0.2) is 5.78 Å². The first-order chi connectivity index (χ1) is 10.6. The Balaban J connectivity index is 1.80. The van der Waals surface area contributed by atoms with E-state index in [4.69, 9.17) is 5.73 Å². The molecule has 3 N–H and O–H groups in total. The Kier molecular flexibility index (Phi) is 3.96. The first kappa shape index (κ1) is 14.4. The van der Waals surface area contributed by atoms with Gasteiger partial charge in [0.2, 0.25) is 0 Å². The third-order valence-corrected chi connectivity index (χ3v) is 4.05. The van der Waals surface area contributed by atoms with Crippen molar-refractivity contribution in [2.75, 3.05) is 11.1 Å². The summed E-state index contributed by atoms with van der Waals surface area (Å²) in [5, 5.41) is 3.31. The van der Waals surface area contributed by atoms with Crippen LogP contribution < -0.4 is 11.1 Å². The predicted octanol–water partition coefficient (Wildman–Crippen LogP) is 4.02. The number of ketones is 1. The van der Waals surface area contributed by atoms with Gasteiger partial charge in [-0.25, -0.2) is 0 Å². The van der Waals surface area contributed by atoms with Gasteiger partial charge < -0.3 is 11.1 Å². The topological polar surface area (TPSA) is 55.1 Å². The van der Waals surface area contributed by atoms with Gasteiger partial charge >= 0.3 is 0 Å². The molecule has 1 aliphatic carbocycles. The highest BCUT2D eigenvalue weighted by atomic mass is 16.1. The quantitative estimate of drug-likeness (QED) is 0.840. The second-order valence-corrected chi connectivity index (χ2v) is 5.86. The summed E-state index contributed by atoms with van der Waals surface area (Å²) in [6.45, 7) is 2.07. The first-order valence-electron chi connectivity index (χ1n) is 7.53. The smallest absolute Gasteiger partial charge is 0.158 e. The summed E-state index contributed by atoms with van der Waals surface area (Å²) in [7, 11) is 0. The van der Waals surface area contributed by atoms with Crippen molar-refractivity contribution in [3.05, 3.63) is 71.4 Å². The summed E-state index contributed by atoms with van der Waals surface area (Å²) >= 11 is 0. The van der Waals surface area contributed by atoms with E-state index in [9.17, 15) is 4.79 Å². The number of nitrogens with two attached hydrogens (primary N) is 1. The van der Waals surface area contributed by atoms with E-state index in [0.29, 0.717) is 12.1 Å². The SMILES string of the molecule is Cc1ccc(C2CC(=O)C=C(Nc3ccccc3N)C2)cc1. The molecular formula is C19H20N2O. The van der Waals surface area contributed by atoms with Crippen molar-refractivity contribution in [1.29, 1.82) is 0 Å². The first-order valence-corrected chi connectivity index (χ1v) is 7.53. The van der Waals surface area contributed by atoms with Gasteiger partial charge in [0.05, 0.1) is 11.4 Å². The summed E-state index contributed by atoms with van der Waals surface area (Å²) in [6, 6.07) is 16.0. The lowest BCUT2D eigenvalue weighted by atomic mass is 9.85. The van der Waals surface area contributed by atoms with Gasteiger partial charge in [0.1, 0.15) is 0 Å². The van der Waals surface area contributed by atoms with Crippen LogP contribution in [0.15, 0.2) is 60.3 Å². The Morgan fingerprint density at radius 2 is 1.77 bits per heavy atom. The van der Waals surface area contributed by atoms with Crippen LogP contribution in [0.2, 0.25) is 0 Å². The average molecular weight is 292 g/mol. The standard InChI is InChI=1S/C19H20N2O/c1-13-6-8-14(9-7-13)15-10-16(12-17(22)11-15)21-19-5-3-2-4-18(19)20/h2-9,12,15,21H,10-11,20H2,1H3. The molecular weight excluding hydrogens is 272 g/mol. The van der Waals surface area contributed by atoms with Crippen LogP contribution in [0.5, 0.6) is 0 Å². The molecule has 0 spiro atoms. The van der Waals surface area contributed by atoms with E-state index in [0.717, 1.165) is 17.8 Å². The molecule has 0 aliphatic heterocycles. The normalized spacial score (nSPS) is 18.0. The van der Waals surface area contributed by atoms with Crippen LogP contribution in [-0.2, 0) is 4.79 Å². The molecule has 1 atom stereocenters. The summed E-state index contributed by atoms with van der Waals surface area (Å²) in [5.74, 6) is 0.388. The Morgan fingerprint density at radius 3 is 2.50 bits per heavy atom. The minimum atomic E-state index is 0.161. The van der Waals surface area contributed by atoms with Gasteiger partial charge in [0, 0.05) is 18.2 Å². The molecule has 0 amide bonds. The van der Waals surface area contributed by atoms with Crippen molar-refractivity contribution in [3.8, 4) is 0 Å². The maximum Gasteiger partial charge on any atom is 0.158 e. The molecule has 0 radical (unpaired) electrons. The fraction of sp³-hybridized carbons (Fsp3) is 0.211. The Hall–Kier alpha value is -2.55. The third kappa shape index (κ3) is 3.19. The molecule has 0 saturated carbocycles. The number of allylic oxidation sites excluding steroid dienone is 2. The molecule has 0 fully saturated rings. The van der Waals surface area contributed by atoms with Crippen molar-refractivity contribution >= 4 is 17.2 Å². The number of hydrogen-bond acceptors (Lipinski definition) is 3. The van der Waals surface area contributed by atoms with Crippen LogP contribution in [0.1, 0.15) is 29.9 Å². The summed E-state index contributed by atoms with van der Waals surface area (Å²) in [5.41, 5.74) is 10.9. The van der Waals surface area contributed by atoms with Crippen LogP contribution >= 0.6 is 0 Å². The van der Waals surface area contributed by atoms with Gasteiger partial charge in [-0.15, -0.1) is 0 Å². The fourth-order valence-corrected chi connectivity index (χ4v) is 2.84. The number of benzene rings is 2. The summed E-state index contributed by atoms with van der Waals surface area (Å²) < 4.78 is 0. The third-order valence-electron chi connectivity index (χ3n) is 4.05. The predicted molar refractivity (Wildman–Crippen MR) is 90.7 cm³/mol. The van der Waals surface area contributed by atoms with E-state index >= 15 is 0 Å². The maximum atomic E-state index is 12.1. The monoisotopic (exact) mass is 292 g/mol. The number of para-hydroxylation sites is 2. The number of aryl methyl sites for hydroxylation is 1. The zero-order chi connectivity index (χ0) is 15.5. The number of nitrogens with one attached hydrogen (secondary N) is 1. The lowest BCUT2D eigenvalue weighted by Gasteiger charge is -2.24. The fourth-order valence-electron chi connectivity index (χ4n) is 2.84. The van der Waals surface area contributed by atoms with Gasteiger partial charge in [-0.1, -0.05) is 42.0 Å². The largest absolute Gasteiger partial charge is 0.397 e. The molecule has 1 unspecified atom stereocenters. The maximum absolute atomic E-state index is 12.1. The summed E-state index contributed by atoms with van der Waals surface area (Å²) in [6.07, 6.45) is 3.10. The molecule has 22 heavy (non-hydrogen) atoms. The number of nitrogen functional groups attached to an aromatic ring is 1. The molecule has 0 saturated heterocycles. The van der Waals surface area contributed by atoms with Crippen LogP contribution in [0, 0.1) is 6.92 Å². The highest BCUT2D eigenvalue weighted by molar-refractivity contribution is 5.92. The molecule has 0 bridgehead atoms. The molecule has 3 rings (SSSR count). The number of anilines is 2. The van der Waals surface area contributed by atoms with Crippen LogP contribution in [0.25, 0.3) is 0 Å². The number of rotatable bonds is 3. The molecule has 112 valence electrons. The van der Waals surface area contributed by atoms with Gasteiger partial charge in [-0.2, -0.15) is 0 Å². The molecule has 2 aromatic rings. The lowest BCUT2D eigenvalue weighted by molar-refractivity contribution is -0.115. The van der Waals surface area contributed by atoms with Crippen molar-refractivity contribution in [2.24, 2.45) is 0 Å². The zero-order valence-corrected chi connectivity index (χ0v) is 12.7. The van der Waals surface area contributed by atoms with Gasteiger partial charge in [0.15, 0.2) is 5.78 Å². The highest BCUT2D eigenvalue weighted by Gasteiger charge is 2.22. The van der Waals surface area contributed by atoms with E-state index in [1.807, 2.05) is 24.3 Å². The average Bonchev–Trinajstić information content (AvgIpc) is 2.50. The van der Waals surface area contributed by atoms with Crippen molar-refractivity contribution in [3.63, 3.8) is 0 Å². The Bertz CT molecular complexity index is 716. The van der Waals surface area contributed by atoms with Crippen molar-refractivity contribution < 1.29 is 4.79 Å². The van der Waals surface area contributed by atoms with E-state index in [2.05, 4.69) is 36.5 Å². The Morgan fingerprint density at radius 1 is 1.05 bits per heavy atom. The minimum Gasteiger partial charge on any atom is -0.397 e. The number of carbonyl (C=O) groups is 1. The van der Waals surface area contributed by atoms with Crippen molar-refractivity contribution in [2.45, 2.75) is 25.7 Å². The van der Waals surface area contributed by atoms with Crippen LogP contribution in [0.3, 0.4) is 0 Å². The second-order valence-electron chi connectivity index (χ2n) is 5.86.